The maximum absolute atomic E-state index is 13.9. The fraction of sp³-hybridized carbons (Fsp3) is 0.676. The van der Waals surface area contributed by atoms with Crippen LogP contribution in [0.1, 0.15) is 103 Å². The van der Waals surface area contributed by atoms with E-state index >= 15 is 0 Å². The third kappa shape index (κ3) is 15.0. The van der Waals surface area contributed by atoms with Crippen LogP contribution in [0, 0.1) is 17.8 Å². The van der Waals surface area contributed by atoms with Gasteiger partial charge in [0.15, 0.2) is 0 Å². The lowest BCUT2D eigenvalue weighted by atomic mass is 9.84. The van der Waals surface area contributed by atoms with Crippen molar-refractivity contribution in [3.05, 3.63) is 24.3 Å². The minimum atomic E-state index is -3.88. The number of Topliss-reactive ketones (excluding diaryl/α,β-unsaturated/α-hetero) is 1. The molecule has 0 aliphatic heterocycles. The molecule has 5 atom stereocenters. The van der Waals surface area contributed by atoms with Gasteiger partial charge in [0.05, 0.1) is 25.0 Å². The summed E-state index contributed by atoms with van der Waals surface area (Å²) in [5.41, 5.74) is 0.0237. The molecular formula is C34H54N8O9S. The van der Waals surface area contributed by atoms with E-state index < -0.39 is 82.0 Å². The first-order valence-electron chi connectivity index (χ1n) is 17.8. The third-order valence-corrected chi connectivity index (χ3v) is 9.42. The van der Waals surface area contributed by atoms with Gasteiger partial charge in [0.25, 0.3) is 17.7 Å². The number of carbonyl (C=O) groups excluding carboxylic acids is 7. The van der Waals surface area contributed by atoms with Crippen molar-refractivity contribution in [1.29, 1.82) is 0 Å². The van der Waals surface area contributed by atoms with Crippen molar-refractivity contribution >= 4 is 51.2 Å². The van der Waals surface area contributed by atoms with Crippen molar-refractivity contribution in [1.82, 2.24) is 41.3 Å². The molecule has 6 N–H and O–H groups in total. The molecule has 52 heavy (non-hydrogen) atoms. The lowest BCUT2D eigenvalue weighted by molar-refractivity contribution is -0.141. The highest BCUT2D eigenvalue weighted by Crippen LogP contribution is 2.27. The van der Waals surface area contributed by atoms with E-state index in [1.54, 1.807) is 18.6 Å². The van der Waals surface area contributed by atoms with Crippen LogP contribution in [-0.2, 0) is 38.8 Å². The second-order valence-corrected chi connectivity index (χ2v) is 15.5. The Bertz CT molecular complexity index is 1520. The van der Waals surface area contributed by atoms with Crippen molar-refractivity contribution in [2.75, 3.05) is 12.8 Å². The number of ketones is 1. The molecule has 18 heteroatoms. The van der Waals surface area contributed by atoms with E-state index in [4.69, 9.17) is 0 Å². The van der Waals surface area contributed by atoms with Crippen molar-refractivity contribution < 1.29 is 42.0 Å². The van der Waals surface area contributed by atoms with Gasteiger partial charge in [-0.05, 0) is 37.0 Å². The van der Waals surface area contributed by atoms with Gasteiger partial charge < -0.3 is 26.6 Å². The molecule has 1 aromatic rings. The highest BCUT2D eigenvalue weighted by molar-refractivity contribution is 7.89. The second kappa shape index (κ2) is 21.1. The first-order chi connectivity index (χ1) is 24.4. The lowest BCUT2D eigenvalue weighted by Gasteiger charge is -2.31. The Morgan fingerprint density at radius 3 is 2.00 bits per heavy atom. The maximum Gasteiger partial charge on any atom is 0.290 e. The molecule has 17 nitrogen and oxygen atoms in total. The van der Waals surface area contributed by atoms with E-state index in [0.29, 0.717) is 6.42 Å². The molecule has 1 aliphatic rings. The Morgan fingerprint density at radius 2 is 1.44 bits per heavy atom. The Balaban J connectivity index is 2.25. The topological polar surface area (TPSA) is 252 Å². The number of hydrogen-bond donors (Lipinski definition) is 6. The molecule has 0 aromatic carbocycles. The van der Waals surface area contributed by atoms with E-state index in [9.17, 15) is 42.0 Å². The van der Waals surface area contributed by atoms with E-state index in [-0.39, 0.29) is 42.7 Å². The number of aromatic nitrogens is 2. The van der Waals surface area contributed by atoms with Crippen molar-refractivity contribution in [2.45, 2.75) is 117 Å². The number of hydrogen-bond acceptors (Lipinski definition) is 11. The van der Waals surface area contributed by atoms with Crippen LogP contribution in [0.2, 0.25) is 0 Å². The number of nitrogens with one attached hydrogen (secondary N) is 6. The summed E-state index contributed by atoms with van der Waals surface area (Å²) in [4.78, 5) is 99.4. The highest BCUT2D eigenvalue weighted by Gasteiger charge is 2.35. The van der Waals surface area contributed by atoms with Gasteiger partial charge in [0, 0.05) is 12.4 Å². The fourth-order valence-corrected chi connectivity index (χ4v) is 6.32. The van der Waals surface area contributed by atoms with Crippen LogP contribution < -0.4 is 31.3 Å². The zero-order valence-electron chi connectivity index (χ0n) is 30.8. The molecule has 0 radical (unpaired) electrons. The molecular weight excluding hydrogens is 696 g/mol. The van der Waals surface area contributed by atoms with Gasteiger partial charge in [0.2, 0.25) is 33.5 Å². The molecule has 1 aromatic heterocycles. The average molecular weight is 751 g/mol. The lowest BCUT2D eigenvalue weighted by Crippen LogP contribution is -2.60. The van der Waals surface area contributed by atoms with Gasteiger partial charge >= 0.3 is 0 Å². The summed E-state index contributed by atoms with van der Waals surface area (Å²) in [5.74, 6) is -6.13. The minimum absolute atomic E-state index is 0.000693. The fourth-order valence-electron chi connectivity index (χ4n) is 5.83. The van der Waals surface area contributed by atoms with Crippen molar-refractivity contribution in [2.24, 2.45) is 17.8 Å². The van der Waals surface area contributed by atoms with Crippen molar-refractivity contribution in [3.8, 4) is 0 Å². The first-order valence-corrected chi connectivity index (χ1v) is 19.6. The Morgan fingerprint density at radius 1 is 0.808 bits per heavy atom. The van der Waals surface area contributed by atoms with Gasteiger partial charge in [-0.2, -0.15) is 0 Å². The number of nitrogens with zero attached hydrogens (tertiary/aromatic N) is 2. The molecule has 0 bridgehead atoms. The average Bonchev–Trinajstić information content (AvgIpc) is 3.10. The normalized spacial score (nSPS) is 16.3. The molecule has 1 aliphatic carbocycles. The Hall–Kier alpha value is -4.48. The van der Waals surface area contributed by atoms with Crippen LogP contribution in [0.4, 0.5) is 0 Å². The molecule has 2 rings (SSSR count). The molecule has 0 spiro atoms. The van der Waals surface area contributed by atoms with E-state index in [2.05, 4.69) is 36.6 Å². The molecule has 290 valence electrons. The smallest absolute Gasteiger partial charge is 0.290 e. The number of sulfonamides is 1. The zero-order chi connectivity index (χ0) is 39.0. The van der Waals surface area contributed by atoms with Crippen LogP contribution in [0.25, 0.3) is 0 Å². The summed E-state index contributed by atoms with van der Waals surface area (Å²) in [6, 6.07) is -4.52. The Labute approximate surface area is 305 Å². The van der Waals surface area contributed by atoms with Crippen LogP contribution >= 0.6 is 0 Å². The largest absolute Gasteiger partial charge is 0.344 e. The van der Waals surface area contributed by atoms with Crippen LogP contribution in [0.15, 0.2) is 18.6 Å². The van der Waals surface area contributed by atoms with E-state index in [0.717, 1.165) is 38.4 Å². The predicted octanol–water partition coefficient (Wildman–Crippen LogP) is 0.263. The van der Waals surface area contributed by atoms with Gasteiger partial charge in [0.1, 0.15) is 23.8 Å². The molecule has 6 amide bonds. The molecule has 1 heterocycles. The summed E-state index contributed by atoms with van der Waals surface area (Å²) >= 11 is 0. The summed E-state index contributed by atoms with van der Waals surface area (Å²) in [6.45, 7) is 8.17. The maximum atomic E-state index is 13.9. The van der Waals surface area contributed by atoms with Gasteiger partial charge in [-0.15, -0.1) is 0 Å². The zero-order valence-corrected chi connectivity index (χ0v) is 31.6. The standard InChI is InChI=1S/C34H54N8O9S/c1-7-21(5)28(41-31(46)24(16-20(3)4)39-32(47)26-18-35-14-15-36-26)33(48)40-25(17-22-12-10-9-11-13-22)30(45)38-23(8-2)29(44)34(49)37-19-27(43)42-52(6,50)51/h14-15,18,20-25,28H,7-13,16-17,19H2,1-6H3,(H,37,49)(H,38,45)(H,39,47)(H,40,48)(H,41,46)(H,42,43)/t21-,23-,24-,25-,28?/m0/s1. The van der Waals surface area contributed by atoms with Crippen LogP contribution in [-0.4, -0.2) is 96.6 Å². The molecule has 1 saturated carbocycles. The van der Waals surface area contributed by atoms with E-state index in [1.165, 1.54) is 18.6 Å². The predicted molar refractivity (Wildman–Crippen MR) is 190 cm³/mol. The molecule has 1 fully saturated rings. The number of amides is 6. The molecule has 1 unspecified atom stereocenters. The van der Waals surface area contributed by atoms with Crippen LogP contribution in [0.5, 0.6) is 0 Å². The first kappa shape index (κ1) is 43.7. The summed E-state index contributed by atoms with van der Waals surface area (Å²) < 4.78 is 24.2. The van der Waals surface area contributed by atoms with Gasteiger partial charge in [-0.1, -0.05) is 73.1 Å². The number of rotatable bonds is 20. The second-order valence-electron chi connectivity index (χ2n) is 13.7. The SMILES string of the molecule is CC[C@H](NC(=O)[C@H](CC1CCCCC1)NC(=O)C(NC(=O)[C@H](CC(C)C)NC(=O)c1cnccn1)[C@@H](C)CC)C(=O)C(=O)NCC(=O)NS(C)(=O)=O. The monoisotopic (exact) mass is 750 g/mol. The van der Waals surface area contributed by atoms with Crippen LogP contribution in [0.3, 0.4) is 0 Å². The van der Waals surface area contributed by atoms with Crippen molar-refractivity contribution in [3.63, 3.8) is 0 Å². The summed E-state index contributed by atoms with van der Waals surface area (Å²) in [7, 11) is -3.88. The summed E-state index contributed by atoms with van der Waals surface area (Å²) in [6.07, 6.45) is 10.4. The quantitative estimate of drug-likeness (QED) is 0.0987. The Kier molecular flexibility index (Phi) is 17.8. The van der Waals surface area contributed by atoms with Gasteiger partial charge in [-0.25, -0.2) is 13.4 Å². The number of carbonyl (C=O) groups is 7. The van der Waals surface area contributed by atoms with E-state index in [1.807, 2.05) is 20.8 Å². The minimum Gasteiger partial charge on any atom is -0.344 e. The molecule has 0 saturated heterocycles. The third-order valence-electron chi connectivity index (χ3n) is 8.82. The summed E-state index contributed by atoms with van der Waals surface area (Å²) in [5, 5.41) is 12.9. The highest BCUT2D eigenvalue weighted by atomic mass is 32.2. The van der Waals surface area contributed by atoms with Gasteiger partial charge in [-0.3, -0.25) is 43.3 Å².